The molecule has 0 saturated heterocycles. The third-order valence-electron chi connectivity index (χ3n) is 3.29. The molecule has 0 bridgehead atoms. The molecule has 25 heavy (non-hydrogen) atoms. The minimum absolute atomic E-state index is 0.128. The topological polar surface area (TPSA) is 83.0 Å². The molecule has 3 rings (SSSR count). The van der Waals surface area contributed by atoms with Crippen molar-refractivity contribution in [1.82, 2.24) is 19.7 Å². The number of pyridine rings is 2. The van der Waals surface area contributed by atoms with Gasteiger partial charge in [0.05, 0.1) is 25.5 Å². The van der Waals surface area contributed by atoms with Gasteiger partial charge in [-0.25, -0.2) is 0 Å². The van der Waals surface area contributed by atoms with Gasteiger partial charge in [-0.2, -0.15) is 18.2 Å². The average molecular weight is 352 g/mol. The van der Waals surface area contributed by atoms with E-state index in [4.69, 9.17) is 4.74 Å². The molecular formula is C15H11F3N4O3. The van der Waals surface area contributed by atoms with Gasteiger partial charge in [0.15, 0.2) is 0 Å². The lowest BCUT2D eigenvalue weighted by molar-refractivity contribution is -0.159. The standard InChI is InChI=1S/C15H11F3N4O3/c1-24-11-3-2-10(19-7-11)8-22-5-4-9(6-12(22)23)13-20-14(25-21-13)15(16,17)18/h2-7H,8H2,1H3. The summed E-state index contributed by atoms with van der Waals surface area (Å²) >= 11 is 0. The summed E-state index contributed by atoms with van der Waals surface area (Å²) in [6.07, 6.45) is -1.79. The number of hydrogen-bond acceptors (Lipinski definition) is 6. The van der Waals surface area contributed by atoms with Crippen LogP contribution >= 0.6 is 0 Å². The van der Waals surface area contributed by atoms with Gasteiger partial charge in [0, 0.05) is 17.8 Å². The van der Waals surface area contributed by atoms with Crippen LogP contribution in [-0.2, 0) is 12.7 Å². The van der Waals surface area contributed by atoms with Crippen molar-refractivity contribution in [2.24, 2.45) is 0 Å². The second-order valence-corrected chi connectivity index (χ2v) is 4.99. The summed E-state index contributed by atoms with van der Waals surface area (Å²) in [4.78, 5) is 19.5. The van der Waals surface area contributed by atoms with Gasteiger partial charge >= 0.3 is 12.1 Å². The fourth-order valence-electron chi connectivity index (χ4n) is 2.03. The molecule has 0 spiro atoms. The predicted molar refractivity (Wildman–Crippen MR) is 78.9 cm³/mol. The van der Waals surface area contributed by atoms with Crippen LogP contribution in [0.3, 0.4) is 0 Å². The number of halogens is 3. The van der Waals surface area contributed by atoms with Crippen LogP contribution in [0.2, 0.25) is 0 Å². The second kappa shape index (κ2) is 6.38. The maximum Gasteiger partial charge on any atom is 0.471 e. The van der Waals surface area contributed by atoms with Crippen LogP contribution in [0.1, 0.15) is 11.6 Å². The van der Waals surface area contributed by atoms with E-state index in [0.717, 1.165) is 6.07 Å². The van der Waals surface area contributed by atoms with Crippen molar-refractivity contribution in [3.63, 3.8) is 0 Å². The largest absolute Gasteiger partial charge is 0.495 e. The molecule has 0 amide bonds. The first-order chi connectivity index (χ1) is 11.9. The van der Waals surface area contributed by atoms with Gasteiger partial charge in [0.25, 0.3) is 5.56 Å². The minimum atomic E-state index is -4.74. The van der Waals surface area contributed by atoms with Crippen LogP contribution < -0.4 is 10.3 Å². The lowest BCUT2D eigenvalue weighted by atomic mass is 10.2. The molecule has 0 aliphatic carbocycles. The predicted octanol–water partition coefficient (Wildman–Crippen LogP) is 2.37. The zero-order chi connectivity index (χ0) is 18.0. The number of nitrogens with zero attached hydrogens (tertiary/aromatic N) is 4. The molecule has 0 aliphatic heterocycles. The van der Waals surface area contributed by atoms with E-state index in [-0.39, 0.29) is 17.9 Å². The Balaban J connectivity index is 1.83. The maximum atomic E-state index is 12.5. The van der Waals surface area contributed by atoms with E-state index in [9.17, 15) is 18.0 Å². The summed E-state index contributed by atoms with van der Waals surface area (Å²) in [6.45, 7) is 0.198. The minimum Gasteiger partial charge on any atom is -0.495 e. The molecule has 0 saturated carbocycles. The Bertz CT molecular complexity index is 932. The van der Waals surface area contributed by atoms with E-state index >= 15 is 0 Å². The first-order valence-electron chi connectivity index (χ1n) is 6.97. The summed E-state index contributed by atoms with van der Waals surface area (Å²) in [7, 11) is 1.52. The molecule has 130 valence electrons. The Morgan fingerprint density at radius 3 is 2.64 bits per heavy atom. The van der Waals surface area contributed by atoms with Crippen molar-refractivity contribution in [1.29, 1.82) is 0 Å². The molecule has 7 nitrogen and oxygen atoms in total. The van der Waals surface area contributed by atoms with E-state index in [1.54, 1.807) is 12.1 Å². The first kappa shape index (κ1) is 16.7. The van der Waals surface area contributed by atoms with Gasteiger partial charge in [-0.05, 0) is 18.2 Å². The number of hydrogen-bond donors (Lipinski definition) is 0. The Morgan fingerprint density at radius 1 is 1.28 bits per heavy atom. The zero-order valence-corrected chi connectivity index (χ0v) is 12.8. The molecule has 3 aromatic rings. The van der Waals surface area contributed by atoms with Crippen LogP contribution in [0.25, 0.3) is 11.4 Å². The fraction of sp³-hybridized carbons (Fsp3) is 0.200. The fourth-order valence-corrected chi connectivity index (χ4v) is 2.03. The summed E-state index contributed by atoms with van der Waals surface area (Å²) in [5.74, 6) is -1.18. The van der Waals surface area contributed by atoms with Crippen LogP contribution in [-0.4, -0.2) is 26.8 Å². The molecule has 0 aromatic carbocycles. The molecular weight excluding hydrogens is 341 g/mol. The van der Waals surface area contributed by atoms with Crippen molar-refractivity contribution in [2.75, 3.05) is 7.11 Å². The Hall–Kier alpha value is -3.17. The van der Waals surface area contributed by atoms with Gasteiger partial charge in [-0.15, -0.1) is 0 Å². The Morgan fingerprint density at radius 2 is 2.08 bits per heavy atom. The molecule has 0 fully saturated rings. The Labute approximate surface area is 138 Å². The van der Waals surface area contributed by atoms with Crippen LogP contribution in [0.4, 0.5) is 13.2 Å². The molecule has 3 heterocycles. The number of ether oxygens (including phenoxy) is 1. The van der Waals surface area contributed by atoms with E-state index < -0.39 is 17.6 Å². The summed E-state index contributed by atoms with van der Waals surface area (Å²) in [5.41, 5.74) is 0.311. The van der Waals surface area contributed by atoms with E-state index in [2.05, 4.69) is 19.6 Å². The summed E-state index contributed by atoms with van der Waals surface area (Å²) < 4.78 is 47.9. The average Bonchev–Trinajstić information content (AvgIpc) is 3.08. The maximum absolute atomic E-state index is 12.5. The molecule has 0 radical (unpaired) electrons. The smallest absolute Gasteiger partial charge is 0.471 e. The van der Waals surface area contributed by atoms with Gasteiger partial charge in [0.2, 0.25) is 5.82 Å². The van der Waals surface area contributed by atoms with E-state index in [1.165, 1.54) is 30.1 Å². The quantitative estimate of drug-likeness (QED) is 0.717. The SMILES string of the molecule is COc1ccc(Cn2ccc(-c3noc(C(F)(F)F)n3)cc2=O)nc1. The molecule has 0 unspecified atom stereocenters. The molecule has 0 N–H and O–H groups in total. The van der Waals surface area contributed by atoms with E-state index in [0.29, 0.717) is 11.4 Å². The number of aromatic nitrogens is 4. The molecule has 3 aromatic heterocycles. The van der Waals surface area contributed by atoms with Crippen molar-refractivity contribution < 1.29 is 22.4 Å². The summed E-state index contributed by atoms with van der Waals surface area (Å²) in [6, 6.07) is 5.97. The van der Waals surface area contributed by atoms with Crippen LogP contribution in [0.5, 0.6) is 5.75 Å². The highest BCUT2D eigenvalue weighted by Crippen LogP contribution is 2.29. The number of methoxy groups -OCH3 is 1. The Kier molecular flexibility index (Phi) is 4.26. The second-order valence-electron chi connectivity index (χ2n) is 4.99. The van der Waals surface area contributed by atoms with Gasteiger partial charge < -0.3 is 13.8 Å². The number of alkyl halides is 3. The lowest BCUT2D eigenvalue weighted by Gasteiger charge is -2.06. The number of rotatable bonds is 4. The van der Waals surface area contributed by atoms with Crippen molar-refractivity contribution in [3.8, 4) is 17.1 Å². The first-order valence-corrected chi connectivity index (χ1v) is 6.97. The zero-order valence-electron chi connectivity index (χ0n) is 12.8. The highest BCUT2D eigenvalue weighted by Gasteiger charge is 2.38. The lowest BCUT2D eigenvalue weighted by Crippen LogP contribution is -2.19. The highest BCUT2D eigenvalue weighted by atomic mass is 19.4. The van der Waals surface area contributed by atoms with Crippen molar-refractivity contribution >= 4 is 0 Å². The van der Waals surface area contributed by atoms with Crippen LogP contribution in [0.15, 0.2) is 46.0 Å². The van der Waals surface area contributed by atoms with Crippen molar-refractivity contribution in [2.45, 2.75) is 12.7 Å². The molecule has 0 atom stereocenters. The highest BCUT2D eigenvalue weighted by molar-refractivity contribution is 5.52. The third-order valence-corrected chi connectivity index (χ3v) is 3.29. The normalized spacial score (nSPS) is 11.5. The van der Waals surface area contributed by atoms with Gasteiger partial charge in [-0.1, -0.05) is 5.16 Å². The van der Waals surface area contributed by atoms with E-state index in [1.807, 2.05) is 0 Å². The van der Waals surface area contributed by atoms with Gasteiger partial charge in [0.1, 0.15) is 5.75 Å². The molecule has 10 heteroatoms. The summed E-state index contributed by atoms with van der Waals surface area (Å²) in [5, 5.41) is 3.25. The van der Waals surface area contributed by atoms with Crippen molar-refractivity contribution in [3.05, 3.63) is 58.6 Å². The molecule has 0 aliphatic rings. The third kappa shape index (κ3) is 3.67. The van der Waals surface area contributed by atoms with Crippen LogP contribution in [0, 0.1) is 0 Å². The monoisotopic (exact) mass is 352 g/mol. The van der Waals surface area contributed by atoms with Gasteiger partial charge in [-0.3, -0.25) is 9.78 Å².